The molecule has 0 aromatic heterocycles. The number of hydrogen-bond donors (Lipinski definition) is 2. The van der Waals surface area contributed by atoms with Crippen molar-refractivity contribution in [3.05, 3.63) is 29.8 Å². The smallest absolute Gasteiger partial charge is 0.232 e. The summed E-state index contributed by atoms with van der Waals surface area (Å²) < 4.78 is 31.1. The molecule has 1 aromatic carbocycles. The highest BCUT2D eigenvalue weighted by atomic mass is 35.5. The summed E-state index contributed by atoms with van der Waals surface area (Å²) in [5.74, 6) is -2.21. The number of amides is 1. The summed E-state index contributed by atoms with van der Waals surface area (Å²) in [5.41, 5.74) is 5.23. The van der Waals surface area contributed by atoms with E-state index >= 15 is 0 Å². The summed E-state index contributed by atoms with van der Waals surface area (Å²) in [4.78, 5) is 12.3. The zero-order valence-electron chi connectivity index (χ0n) is 10.8. The molecule has 1 aliphatic heterocycles. The van der Waals surface area contributed by atoms with E-state index in [1.165, 1.54) is 6.07 Å². The van der Waals surface area contributed by atoms with Crippen molar-refractivity contribution < 1.29 is 18.3 Å². The Morgan fingerprint density at radius 3 is 2.50 bits per heavy atom. The number of nitrogens with one attached hydrogen (secondary N) is 1. The van der Waals surface area contributed by atoms with Crippen molar-refractivity contribution in [2.24, 2.45) is 11.1 Å². The first-order valence-electron chi connectivity index (χ1n) is 6.12. The highest BCUT2D eigenvalue weighted by molar-refractivity contribution is 5.95. The van der Waals surface area contributed by atoms with E-state index in [-0.39, 0.29) is 30.5 Å². The molecule has 1 aliphatic rings. The molecular formula is C13H17ClF2N2O2. The summed E-state index contributed by atoms with van der Waals surface area (Å²) in [6.45, 7) is 1.15. The van der Waals surface area contributed by atoms with E-state index in [4.69, 9.17) is 10.5 Å². The Labute approximate surface area is 122 Å². The van der Waals surface area contributed by atoms with Crippen molar-refractivity contribution in [1.29, 1.82) is 0 Å². The Hall–Kier alpha value is -1.24. The van der Waals surface area contributed by atoms with E-state index in [9.17, 15) is 13.6 Å². The molecule has 3 N–H and O–H groups in total. The molecule has 0 spiro atoms. The van der Waals surface area contributed by atoms with Gasteiger partial charge in [-0.2, -0.15) is 0 Å². The normalized spacial score (nSPS) is 17.1. The average molecular weight is 307 g/mol. The zero-order valence-corrected chi connectivity index (χ0v) is 11.6. The van der Waals surface area contributed by atoms with Crippen LogP contribution in [0.4, 0.5) is 14.5 Å². The molecule has 2 rings (SSSR count). The standard InChI is InChI=1S/C13H16F2N2O2.ClH/c14-10-2-1-9(7-11(10)15)17-12(18)13(8-16)3-5-19-6-4-13;/h1-2,7H,3-6,8,16H2,(H,17,18);1H. The van der Waals surface area contributed by atoms with Crippen LogP contribution in [0, 0.1) is 17.0 Å². The van der Waals surface area contributed by atoms with Gasteiger partial charge in [0.15, 0.2) is 11.6 Å². The van der Waals surface area contributed by atoms with Gasteiger partial charge in [0.2, 0.25) is 5.91 Å². The number of anilines is 1. The van der Waals surface area contributed by atoms with Crippen molar-refractivity contribution in [3.8, 4) is 0 Å². The largest absolute Gasteiger partial charge is 0.381 e. The average Bonchev–Trinajstić information content (AvgIpc) is 2.43. The van der Waals surface area contributed by atoms with Gasteiger partial charge in [-0.05, 0) is 25.0 Å². The molecule has 0 unspecified atom stereocenters. The third-order valence-electron chi connectivity index (χ3n) is 3.50. The monoisotopic (exact) mass is 306 g/mol. The van der Waals surface area contributed by atoms with Crippen LogP contribution in [0.3, 0.4) is 0 Å². The molecule has 20 heavy (non-hydrogen) atoms. The van der Waals surface area contributed by atoms with Gasteiger partial charge in [-0.1, -0.05) is 0 Å². The number of rotatable bonds is 3. The Bertz CT molecular complexity index is 479. The predicted octanol–water partition coefficient (Wildman–Crippen LogP) is 2.08. The molecule has 1 saturated heterocycles. The van der Waals surface area contributed by atoms with Crippen molar-refractivity contribution in [2.45, 2.75) is 12.8 Å². The molecule has 0 atom stereocenters. The van der Waals surface area contributed by atoms with Crippen LogP contribution in [0.25, 0.3) is 0 Å². The van der Waals surface area contributed by atoms with Gasteiger partial charge in [0.25, 0.3) is 0 Å². The number of nitrogens with two attached hydrogens (primary N) is 1. The van der Waals surface area contributed by atoms with Gasteiger partial charge in [-0.3, -0.25) is 4.79 Å². The second-order valence-electron chi connectivity index (χ2n) is 4.68. The lowest BCUT2D eigenvalue weighted by atomic mass is 9.79. The van der Waals surface area contributed by atoms with Crippen LogP contribution >= 0.6 is 12.4 Å². The van der Waals surface area contributed by atoms with Gasteiger partial charge < -0.3 is 15.8 Å². The number of carbonyl (C=O) groups is 1. The van der Waals surface area contributed by atoms with Crippen molar-refractivity contribution >= 4 is 24.0 Å². The Kier molecular flexibility index (Phi) is 5.86. The Morgan fingerprint density at radius 1 is 1.30 bits per heavy atom. The topological polar surface area (TPSA) is 64.4 Å². The van der Waals surface area contributed by atoms with Crippen molar-refractivity contribution in [1.82, 2.24) is 0 Å². The summed E-state index contributed by atoms with van der Waals surface area (Å²) >= 11 is 0. The molecule has 4 nitrogen and oxygen atoms in total. The number of benzene rings is 1. The summed E-state index contributed by atoms with van der Waals surface area (Å²) in [7, 11) is 0. The van der Waals surface area contributed by atoms with Gasteiger partial charge in [0.1, 0.15) is 0 Å². The maximum absolute atomic E-state index is 13.1. The maximum atomic E-state index is 13.1. The van der Waals surface area contributed by atoms with Crippen LogP contribution in [0.15, 0.2) is 18.2 Å². The van der Waals surface area contributed by atoms with Crippen LogP contribution < -0.4 is 11.1 Å². The first kappa shape index (κ1) is 16.8. The lowest BCUT2D eigenvalue weighted by Gasteiger charge is -2.34. The van der Waals surface area contributed by atoms with E-state index in [0.717, 1.165) is 12.1 Å². The van der Waals surface area contributed by atoms with Crippen LogP contribution in [0.1, 0.15) is 12.8 Å². The molecular weight excluding hydrogens is 290 g/mol. The first-order valence-corrected chi connectivity index (χ1v) is 6.12. The second kappa shape index (κ2) is 6.97. The lowest BCUT2D eigenvalue weighted by molar-refractivity contribution is -0.130. The Balaban J connectivity index is 0.00000200. The number of carbonyl (C=O) groups excluding carboxylic acids is 1. The predicted molar refractivity (Wildman–Crippen MR) is 73.8 cm³/mol. The minimum atomic E-state index is -0.994. The minimum Gasteiger partial charge on any atom is -0.381 e. The van der Waals surface area contributed by atoms with Gasteiger partial charge in [0.05, 0.1) is 5.41 Å². The van der Waals surface area contributed by atoms with Crippen LogP contribution in [-0.2, 0) is 9.53 Å². The molecule has 0 bridgehead atoms. The third-order valence-corrected chi connectivity index (χ3v) is 3.50. The SMILES string of the molecule is Cl.NCC1(C(=O)Nc2ccc(F)c(F)c2)CCOCC1. The van der Waals surface area contributed by atoms with Gasteiger partial charge in [0, 0.05) is 31.5 Å². The van der Waals surface area contributed by atoms with Crippen molar-refractivity contribution in [2.75, 3.05) is 25.1 Å². The van der Waals surface area contributed by atoms with Gasteiger partial charge in [-0.25, -0.2) is 8.78 Å². The molecule has 7 heteroatoms. The minimum absolute atomic E-state index is 0. The molecule has 0 radical (unpaired) electrons. The molecule has 1 aromatic rings. The number of hydrogen-bond acceptors (Lipinski definition) is 3. The summed E-state index contributed by atoms with van der Waals surface area (Å²) in [5, 5.41) is 2.59. The fraction of sp³-hybridized carbons (Fsp3) is 0.462. The fourth-order valence-electron chi connectivity index (χ4n) is 2.12. The zero-order chi connectivity index (χ0) is 13.9. The van der Waals surface area contributed by atoms with Crippen LogP contribution in [0.5, 0.6) is 0 Å². The van der Waals surface area contributed by atoms with Gasteiger partial charge >= 0.3 is 0 Å². The van der Waals surface area contributed by atoms with E-state index in [1.54, 1.807) is 0 Å². The highest BCUT2D eigenvalue weighted by Crippen LogP contribution is 2.31. The molecule has 112 valence electrons. The fourth-order valence-corrected chi connectivity index (χ4v) is 2.12. The van der Waals surface area contributed by atoms with Crippen LogP contribution in [0.2, 0.25) is 0 Å². The second-order valence-corrected chi connectivity index (χ2v) is 4.68. The van der Waals surface area contributed by atoms with E-state index in [0.29, 0.717) is 26.1 Å². The summed E-state index contributed by atoms with van der Waals surface area (Å²) in [6.07, 6.45) is 1.05. The molecule has 1 heterocycles. The Morgan fingerprint density at radius 2 is 1.95 bits per heavy atom. The molecule has 0 saturated carbocycles. The van der Waals surface area contributed by atoms with E-state index in [1.807, 2.05) is 0 Å². The highest BCUT2D eigenvalue weighted by Gasteiger charge is 2.38. The maximum Gasteiger partial charge on any atom is 0.232 e. The van der Waals surface area contributed by atoms with Gasteiger partial charge in [-0.15, -0.1) is 12.4 Å². The lowest BCUT2D eigenvalue weighted by Crippen LogP contribution is -2.46. The molecule has 0 aliphatic carbocycles. The first-order chi connectivity index (χ1) is 9.07. The van der Waals surface area contributed by atoms with Crippen LogP contribution in [-0.4, -0.2) is 25.7 Å². The summed E-state index contributed by atoms with van der Waals surface area (Å²) in [6, 6.07) is 3.25. The number of ether oxygens (including phenoxy) is 1. The van der Waals surface area contributed by atoms with Crippen molar-refractivity contribution in [3.63, 3.8) is 0 Å². The van der Waals surface area contributed by atoms with E-state index < -0.39 is 17.0 Å². The van der Waals surface area contributed by atoms with E-state index in [2.05, 4.69) is 5.32 Å². The quantitative estimate of drug-likeness (QED) is 0.898. The molecule has 1 amide bonds. The number of halogens is 3. The third kappa shape index (κ3) is 3.45. The molecule has 1 fully saturated rings.